The van der Waals surface area contributed by atoms with Crippen LogP contribution in [-0.4, -0.2) is 31.2 Å². The standard InChI is InChI=1S/C12H23N3O3/c1-2-18-9-8-11(16)14-15-12(17)13-10-6-4-3-5-7-10/h10H,2-9H2,1H3,(H,14,16)(H2,13,15,17). The summed E-state index contributed by atoms with van der Waals surface area (Å²) in [4.78, 5) is 22.8. The highest BCUT2D eigenvalue weighted by molar-refractivity contribution is 5.81. The molecule has 1 aliphatic rings. The van der Waals surface area contributed by atoms with E-state index in [2.05, 4.69) is 16.2 Å². The number of hydrazine groups is 1. The van der Waals surface area contributed by atoms with Crippen molar-refractivity contribution in [2.75, 3.05) is 13.2 Å². The topological polar surface area (TPSA) is 79.5 Å². The van der Waals surface area contributed by atoms with Crippen molar-refractivity contribution in [1.29, 1.82) is 0 Å². The molecule has 0 aliphatic heterocycles. The SMILES string of the molecule is CCOCCC(=O)NNC(=O)NC1CCCCC1. The minimum absolute atomic E-state index is 0.235. The number of carbonyl (C=O) groups is 2. The highest BCUT2D eigenvalue weighted by Gasteiger charge is 2.15. The molecule has 0 spiro atoms. The van der Waals surface area contributed by atoms with Gasteiger partial charge in [0, 0.05) is 12.6 Å². The van der Waals surface area contributed by atoms with Gasteiger partial charge in [0.15, 0.2) is 0 Å². The summed E-state index contributed by atoms with van der Waals surface area (Å²) >= 11 is 0. The Bertz CT molecular complexity index is 265. The van der Waals surface area contributed by atoms with Crippen LogP contribution in [0.2, 0.25) is 0 Å². The van der Waals surface area contributed by atoms with E-state index in [1.54, 1.807) is 0 Å². The van der Waals surface area contributed by atoms with E-state index < -0.39 is 0 Å². The Kier molecular flexibility index (Phi) is 7.17. The molecule has 0 atom stereocenters. The summed E-state index contributed by atoms with van der Waals surface area (Å²) in [5, 5.41) is 2.85. The summed E-state index contributed by atoms with van der Waals surface area (Å²) in [5.74, 6) is -0.248. The van der Waals surface area contributed by atoms with Gasteiger partial charge in [0.25, 0.3) is 0 Å². The maximum atomic E-state index is 11.5. The molecule has 0 aromatic heterocycles. The Morgan fingerprint density at radius 3 is 2.56 bits per heavy atom. The monoisotopic (exact) mass is 257 g/mol. The van der Waals surface area contributed by atoms with Crippen molar-refractivity contribution in [2.45, 2.75) is 51.5 Å². The molecule has 0 aromatic rings. The number of rotatable bonds is 5. The van der Waals surface area contributed by atoms with Crippen LogP contribution in [0.25, 0.3) is 0 Å². The molecule has 0 aromatic carbocycles. The van der Waals surface area contributed by atoms with E-state index in [4.69, 9.17) is 4.74 Å². The van der Waals surface area contributed by atoms with Crippen LogP contribution in [-0.2, 0) is 9.53 Å². The first-order chi connectivity index (χ1) is 8.72. The quantitative estimate of drug-likeness (QED) is 0.509. The van der Waals surface area contributed by atoms with Crippen molar-refractivity contribution in [3.63, 3.8) is 0 Å². The first kappa shape index (κ1) is 14.8. The van der Waals surface area contributed by atoms with Gasteiger partial charge in [-0.05, 0) is 19.8 Å². The molecule has 3 amide bonds. The molecule has 0 bridgehead atoms. The molecule has 6 nitrogen and oxygen atoms in total. The van der Waals surface area contributed by atoms with Gasteiger partial charge >= 0.3 is 6.03 Å². The molecule has 1 aliphatic carbocycles. The van der Waals surface area contributed by atoms with Gasteiger partial charge in [-0.3, -0.25) is 10.2 Å². The number of nitrogens with one attached hydrogen (secondary N) is 3. The Morgan fingerprint density at radius 2 is 1.89 bits per heavy atom. The van der Waals surface area contributed by atoms with Gasteiger partial charge in [-0.15, -0.1) is 0 Å². The van der Waals surface area contributed by atoms with E-state index in [0.29, 0.717) is 13.2 Å². The molecule has 18 heavy (non-hydrogen) atoms. The van der Waals surface area contributed by atoms with Crippen molar-refractivity contribution in [3.8, 4) is 0 Å². The molecule has 1 rings (SSSR count). The average molecular weight is 257 g/mol. The maximum absolute atomic E-state index is 11.5. The van der Waals surface area contributed by atoms with E-state index in [1.165, 1.54) is 6.42 Å². The van der Waals surface area contributed by atoms with Gasteiger partial charge in [-0.25, -0.2) is 10.2 Å². The Balaban J connectivity index is 2.06. The van der Waals surface area contributed by atoms with Crippen molar-refractivity contribution < 1.29 is 14.3 Å². The van der Waals surface area contributed by atoms with Gasteiger partial charge in [-0.1, -0.05) is 19.3 Å². The zero-order chi connectivity index (χ0) is 13.2. The van der Waals surface area contributed by atoms with Crippen LogP contribution in [0, 0.1) is 0 Å². The lowest BCUT2D eigenvalue weighted by molar-refractivity contribution is -0.122. The number of hydrogen-bond acceptors (Lipinski definition) is 3. The highest BCUT2D eigenvalue weighted by atomic mass is 16.5. The fourth-order valence-electron chi connectivity index (χ4n) is 1.97. The highest BCUT2D eigenvalue weighted by Crippen LogP contribution is 2.16. The average Bonchev–Trinajstić information content (AvgIpc) is 2.38. The Morgan fingerprint density at radius 1 is 1.17 bits per heavy atom. The molecule has 6 heteroatoms. The lowest BCUT2D eigenvalue weighted by Crippen LogP contribution is -2.50. The third-order valence-corrected chi connectivity index (χ3v) is 2.93. The van der Waals surface area contributed by atoms with Gasteiger partial charge in [0.1, 0.15) is 0 Å². The van der Waals surface area contributed by atoms with E-state index >= 15 is 0 Å². The molecule has 1 fully saturated rings. The lowest BCUT2D eigenvalue weighted by Gasteiger charge is -2.22. The third kappa shape index (κ3) is 6.44. The van der Waals surface area contributed by atoms with Gasteiger partial charge in [0.2, 0.25) is 5.91 Å². The minimum Gasteiger partial charge on any atom is -0.381 e. The first-order valence-corrected chi connectivity index (χ1v) is 6.65. The van der Waals surface area contributed by atoms with Crippen LogP contribution in [0.4, 0.5) is 4.79 Å². The normalized spacial score (nSPS) is 16.1. The van der Waals surface area contributed by atoms with Crippen molar-refractivity contribution in [1.82, 2.24) is 16.2 Å². The van der Waals surface area contributed by atoms with Crippen molar-refractivity contribution in [2.24, 2.45) is 0 Å². The molecule has 0 saturated heterocycles. The lowest BCUT2D eigenvalue weighted by atomic mass is 9.96. The zero-order valence-electron chi connectivity index (χ0n) is 11.0. The summed E-state index contributed by atoms with van der Waals surface area (Å²) in [7, 11) is 0. The molecule has 3 N–H and O–H groups in total. The molecule has 104 valence electrons. The summed E-state index contributed by atoms with van der Waals surface area (Å²) in [6, 6.07) is -0.106. The number of urea groups is 1. The predicted octanol–water partition coefficient (Wildman–Crippen LogP) is 1.08. The van der Waals surface area contributed by atoms with Crippen LogP contribution in [0.3, 0.4) is 0 Å². The largest absolute Gasteiger partial charge is 0.381 e. The van der Waals surface area contributed by atoms with Crippen LogP contribution >= 0.6 is 0 Å². The Labute approximate surface area is 108 Å². The molecular weight excluding hydrogens is 234 g/mol. The second-order valence-corrected chi connectivity index (χ2v) is 4.43. The first-order valence-electron chi connectivity index (χ1n) is 6.65. The summed E-state index contributed by atoms with van der Waals surface area (Å²) < 4.78 is 5.04. The summed E-state index contributed by atoms with van der Waals surface area (Å²) in [5.41, 5.74) is 4.70. The molecular formula is C12H23N3O3. The van der Waals surface area contributed by atoms with Crippen LogP contribution in [0.15, 0.2) is 0 Å². The van der Waals surface area contributed by atoms with E-state index in [-0.39, 0.29) is 24.4 Å². The van der Waals surface area contributed by atoms with E-state index in [0.717, 1.165) is 25.7 Å². The number of carbonyl (C=O) groups excluding carboxylic acids is 2. The van der Waals surface area contributed by atoms with Gasteiger partial charge in [0.05, 0.1) is 13.0 Å². The van der Waals surface area contributed by atoms with Crippen LogP contribution in [0.5, 0.6) is 0 Å². The summed E-state index contributed by atoms with van der Waals surface area (Å²) in [6.07, 6.45) is 5.85. The fourth-order valence-corrected chi connectivity index (χ4v) is 1.97. The Hall–Kier alpha value is -1.30. The van der Waals surface area contributed by atoms with Gasteiger partial charge in [-0.2, -0.15) is 0 Å². The maximum Gasteiger partial charge on any atom is 0.333 e. The molecule has 0 unspecified atom stereocenters. The van der Waals surface area contributed by atoms with E-state index in [9.17, 15) is 9.59 Å². The smallest absolute Gasteiger partial charge is 0.333 e. The number of hydrogen-bond donors (Lipinski definition) is 3. The van der Waals surface area contributed by atoms with Crippen molar-refractivity contribution >= 4 is 11.9 Å². The zero-order valence-corrected chi connectivity index (χ0v) is 11.0. The fraction of sp³-hybridized carbons (Fsp3) is 0.833. The number of amides is 3. The summed E-state index contributed by atoms with van der Waals surface area (Å²) in [6.45, 7) is 2.82. The van der Waals surface area contributed by atoms with Crippen molar-refractivity contribution in [3.05, 3.63) is 0 Å². The van der Waals surface area contributed by atoms with Crippen LogP contribution in [0.1, 0.15) is 45.4 Å². The molecule has 0 radical (unpaired) electrons. The van der Waals surface area contributed by atoms with E-state index in [1.807, 2.05) is 6.92 Å². The third-order valence-electron chi connectivity index (χ3n) is 2.93. The number of ether oxygens (including phenoxy) is 1. The second kappa shape index (κ2) is 8.74. The van der Waals surface area contributed by atoms with Crippen LogP contribution < -0.4 is 16.2 Å². The predicted molar refractivity (Wildman–Crippen MR) is 67.8 cm³/mol. The van der Waals surface area contributed by atoms with Gasteiger partial charge < -0.3 is 10.1 Å². The minimum atomic E-state index is -0.341. The second-order valence-electron chi connectivity index (χ2n) is 4.43. The molecule has 0 heterocycles. The molecule has 1 saturated carbocycles.